The molecule has 0 aliphatic rings. The number of amides is 1. The molecule has 3 aromatic heterocycles. The molecule has 108 valence electrons. The van der Waals surface area contributed by atoms with Crippen molar-refractivity contribution in [3.63, 3.8) is 0 Å². The second-order valence-electron chi connectivity index (χ2n) is 4.48. The van der Waals surface area contributed by atoms with Crippen LogP contribution in [-0.2, 0) is 6.54 Å². The molecule has 0 saturated carbocycles. The molecule has 3 rings (SSSR count). The summed E-state index contributed by atoms with van der Waals surface area (Å²) >= 11 is 3.23. The predicted molar refractivity (Wildman–Crippen MR) is 80.3 cm³/mol. The van der Waals surface area contributed by atoms with E-state index in [2.05, 4.69) is 19.9 Å². The molecule has 0 unspecified atom stereocenters. The zero-order valence-corrected chi connectivity index (χ0v) is 13.1. The van der Waals surface area contributed by atoms with Gasteiger partial charge in [-0.3, -0.25) is 4.79 Å². The number of aryl methyl sites for hydroxylation is 1. The molecule has 0 radical (unpaired) electrons. The summed E-state index contributed by atoms with van der Waals surface area (Å²) in [6, 6.07) is 4.03. The van der Waals surface area contributed by atoms with Crippen LogP contribution in [0.3, 0.4) is 0 Å². The van der Waals surface area contributed by atoms with Crippen LogP contribution in [0.1, 0.15) is 21.9 Å². The van der Waals surface area contributed by atoms with Crippen molar-refractivity contribution in [2.45, 2.75) is 13.5 Å². The van der Waals surface area contributed by atoms with Gasteiger partial charge in [0, 0.05) is 12.4 Å². The first-order valence-corrected chi connectivity index (χ1v) is 7.94. The third kappa shape index (κ3) is 2.86. The highest BCUT2D eigenvalue weighted by Gasteiger charge is 2.20. The molecular weight excluding hydrogens is 308 g/mol. The summed E-state index contributed by atoms with van der Waals surface area (Å²) < 4.78 is 4.56. The maximum absolute atomic E-state index is 12.2. The normalized spacial score (nSPS) is 10.8. The lowest BCUT2D eigenvalue weighted by molar-refractivity contribution is 0.0772. The largest absolute Gasteiger partial charge is 0.334 e. The molecule has 0 saturated heterocycles. The lowest BCUT2D eigenvalue weighted by Crippen LogP contribution is -2.27. The van der Waals surface area contributed by atoms with Crippen molar-refractivity contribution in [1.82, 2.24) is 20.2 Å². The summed E-state index contributed by atoms with van der Waals surface area (Å²) in [5, 5.41) is 12.2. The molecule has 0 fully saturated rings. The van der Waals surface area contributed by atoms with Crippen molar-refractivity contribution >= 4 is 28.6 Å². The highest BCUT2D eigenvalue weighted by molar-refractivity contribution is 7.20. The maximum atomic E-state index is 12.2. The Morgan fingerprint density at radius 2 is 2.24 bits per heavy atom. The highest BCUT2D eigenvalue weighted by atomic mass is 32.1. The predicted octanol–water partition coefficient (Wildman–Crippen LogP) is 2.84. The Balaban J connectivity index is 1.72. The minimum absolute atomic E-state index is 0.223. The number of rotatable bonds is 4. The summed E-state index contributed by atoms with van der Waals surface area (Å²) in [6.07, 6.45) is 0. The zero-order chi connectivity index (χ0) is 14.8. The van der Waals surface area contributed by atoms with E-state index in [9.17, 15) is 4.79 Å². The number of hydrogen-bond donors (Lipinski definition) is 0. The van der Waals surface area contributed by atoms with Gasteiger partial charge in [-0.15, -0.1) is 22.7 Å². The lowest BCUT2D eigenvalue weighted by atomic mass is 10.3. The van der Waals surface area contributed by atoms with Gasteiger partial charge in [0.25, 0.3) is 5.91 Å². The van der Waals surface area contributed by atoms with Gasteiger partial charge in [0.2, 0.25) is 0 Å². The van der Waals surface area contributed by atoms with E-state index < -0.39 is 0 Å². The Hall–Kier alpha value is -2.06. The third-order valence-corrected chi connectivity index (χ3v) is 4.81. The Morgan fingerprint density at radius 1 is 1.38 bits per heavy atom. The van der Waals surface area contributed by atoms with E-state index in [0.29, 0.717) is 12.2 Å². The van der Waals surface area contributed by atoms with E-state index in [1.807, 2.05) is 22.9 Å². The molecule has 6 nitrogen and oxygen atoms in total. The molecule has 0 spiro atoms. The molecule has 1 amide bonds. The lowest BCUT2D eigenvalue weighted by Gasteiger charge is -2.13. The van der Waals surface area contributed by atoms with Crippen LogP contribution in [-0.4, -0.2) is 33.2 Å². The van der Waals surface area contributed by atoms with Gasteiger partial charge in [-0.05, 0) is 23.5 Å². The molecule has 0 atom stereocenters. The quantitative estimate of drug-likeness (QED) is 0.739. The van der Waals surface area contributed by atoms with Crippen molar-refractivity contribution in [3.8, 4) is 9.88 Å². The minimum Gasteiger partial charge on any atom is -0.334 e. The smallest absolute Gasteiger partial charge is 0.278 e. The summed E-state index contributed by atoms with van der Waals surface area (Å²) in [4.78, 5) is 19.5. The van der Waals surface area contributed by atoms with Crippen LogP contribution in [0.4, 0.5) is 0 Å². The Labute approximate surface area is 129 Å². The van der Waals surface area contributed by atoms with E-state index in [4.69, 9.17) is 0 Å². The van der Waals surface area contributed by atoms with E-state index >= 15 is 0 Å². The van der Waals surface area contributed by atoms with Gasteiger partial charge in [-0.1, -0.05) is 11.2 Å². The molecule has 0 bridgehead atoms. The Bertz CT molecular complexity index is 748. The van der Waals surface area contributed by atoms with Crippen LogP contribution < -0.4 is 0 Å². The monoisotopic (exact) mass is 320 g/mol. The van der Waals surface area contributed by atoms with Gasteiger partial charge in [0.1, 0.15) is 10.7 Å². The number of carbonyl (C=O) groups is 1. The molecular formula is C13H12N4O2S2. The van der Waals surface area contributed by atoms with Crippen molar-refractivity contribution in [2.24, 2.45) is 0 Å². The minimum atomic E-state index is -0.223. The van der Waals surface area contributed by atoms with Gasteiger partial charge in [0.05, 0.1) is 17.1 Å². The number of thiazole rings is 1. The first-order chi connectivity index (χ1) is 10.1. The number of hydrogen-bond acceptors (Lipinski definition) is 7. The standard InChI is InChI=1S/C13H12N4O2S2/c1-8-11(16-19-15-8)13(18)17(2)6-9-7-21-12(14-9)10-4-3-5-20-10/h3-5,7H,6H2,1-2H3. The van der Waals surface area contributed by atoms with Crippen LogP contribution in [0.2, 0.25) is 0 Å². The van der Waals surface area contributed by atoms with Gasteiger partial charge < -0.3 is 4.90 Å². The average molecular weight is 320 g/mol. The van der Waals surface area contributed by atoms with Crippen LogP contribution in [0.15, 0.2) is 27.5 Å². The second-order valence-corrected chi connectivity index (χ2v) is 6.29. The summed E-state index contributed by atoms with van der Waals surface area (Å²) in [5.41, 5.74) is 1.59. The fourth-order valence-electron chi connectivity index (χ4n) is 1.81. The molecule has 8 heteroatoms. The van der Waals surface area contributed by atoms with E-state index in [-0.39, 0.29) is 11.6 Å². The third-order valence-electron chi connectivity index (χ3n) is 2.88. The number of aromatic nitrogens is 3. The molecule has 0 N–H and O–H groups in total. The fourth-order valence-corrected chi connectivity index (χ4v) is 3.44. The van der Waals surface area contributed by atoms with Crippen LogP contribution in [0.5, 0.6) is 0 Å². The number of carbonyl (C=O) groups excluding carboxylic acids is 1. The number of thiophene rings is 1. The summed E-state index contributed by atoms with van der Waals surface area (Å²) in [5.74, 6) is -0.223. The zero-order valence-electron chi connectivity index (χ0n) is 11.4. The molecule has 0 aliphatic carbocycles. The van der Waals surface area contributed by atoms with Crippen molar-refractivity contribution in [3.05, 3.63) is 40.0 Å². The van der Waals surface area contributed by atoms with E-state index in [1.54, 1.807) is 41.5 Å². The second kappa shape index (κ2) is 5.74. The average Bonchev–Trinajstić information content (AvgIpc) is 3.17. The first-order valence-electron chi connectivity index (χ1n) is 6.18. The summed E-state index contributed by atoms with van der Waals surface area (Å²) in [6.45, 7) is 2.11. The van der Waals surface area contributed by atoms with Crippen LogP contribution in [0.25, 0.3) is 9.88 Å². The van der Waals surface area contributed by atoms with E-state index in [0.717, 1.165) is 15.6 Å². The first kappa shape index (κ1) is 13.9. The SMILES string of the molecule is Cc1nonc1C(=O)N(C)Cc1csc(-c2cccs2)n1. The van der Waals surface area contributed by atoms with Crippen LogP contribution >= 0.6 is 22.7 Å². The molecule has 21 heavy (non-hydrogen) atoms. The topological polar surface area (TPSA) is 72.1 Å². The van der Waals surface area contributed by atoms with Crippen molar-refractivity contribution < 1.29 is 9.42 Å². The van der Waals surface area contributed by atoms with Gasteiger partial charge in [-0.2, -0.15) is 0 Å². The molecule has 3 aromatic rings. The fraction of sp³-hybridized carbons (Fsp3) is 0.231. The van der Waals surface area contributed by atoms with Gasteiger partial charge in [0.15, 0.2) is 5.69 Å². The molecule has 3 heterocycles. The van der Waals surface area contributed by atoms with Crippen molar-refractivity contribution in [1.29, 1.82) is 0 Å². The highest BCUT2D eigenvalue weighted by Crippen LogP contribution is 2.28. The Kier molecular flexibility index (Phi) is 3.80. The van der Waals surface area contributed by atoms with Crippen LogP contribution in [0, 0.1) is 6.92 Å². The number of nitrogens with zero attached hydrogens (tertiary/aromatic N) is 4. The molecule has 0 aliphatic heterocycles. The van der Waals surface area contributed by atoms with Gasteiger partial charge in [-0.25, -0.2) is 9.61 Å². The van der Waals surface area contributed by atoms with Gasteiger partial charge >= 0.3 is 0 Å². The Morgan fingerprint density at radius 3 is 2.90 bits per heavy atom. The summed E-state index contributed by atoms with van der Waals surface area (Å²) in [7, 11) is 1.71. The maximum Gasteiger partial charge on any atom is 0.278 e. The molecule has 0 aromatic carbocycles. The van der Waals surface area contributed by atoms with Crippen molar-refractivity contribution in [2.75, 3.05) is 7.05 Å². The van der Waals surface area contributed by atoms with E-state index in [1.165, 1.54) is 0 Å².